The van der Waals surface area contributed by atoms with Crippen LogP contribution in [0.1, 0.15) is 59.3 Å². The second kappa shape index (κ2) is 6.91. The molecule has 1 fully saturated rings. The maximum absolute atomic E-state index is 8.83. The fourth-order valence-corrected chi connectivity index (χ4v) is 2.66. The number of nitrogens with zero attached hydrogens (tertiary/aromatic N) is 2. The van der Waals surface area contributed by atoms with Crippen LogP contribution in [-0.2, 0) is 0 Å². The summed E-state index contributed by atoms with van der Waals surface area (Å²) in [4.78, 5) is 2.59. The number of rotatable bonds is 6. The van der Waals surface area contributed by atoms with Gasteiger partial charge in [-0.3, -0.25) is 4.90 Å². The molecule has 1 aliphatic carbocycles. The van der Waals surface area contributed by atoms with E-state index in [-0.39, 0.29) is 0 Å². The van der Waals surface area contributed by atoms with Crippen molar-refractivity contribution < 1.29 is 0 Å². The molecule has 0 N–H and O–H groups in total. The van der Waals surface area contributed by atoms with E-state index in [0.717, 1.165) is 12.0 Å². The smallest absolute Gasteiger partial charge is 0.0638 e. The topological polar surface area (TPSA) is 27.0 Å². The van der Waals surface area contributed by atoms with E-state index in [2.05, 4.69) is 31.7 Å². The Balaban J connectivity index is 2.50. The lowest BCUT2D eigenvalue weighted by molar-refractivity contribution is 0.139. The number of nitriles is 1. The van der Waals surface area contributed by atoms with E-state index in [1.54, 1.807) is 0 Å². The van der Waals surface area contributed by atoms with Crippen LogP contribution in [0.2, 0.25) is 0 Å². The molecule has 16 heavy (non-hydrogen) atoms. The van der Waals surface area contributed by atoms with E-state index < -0.39 is 0 Å². The SMILES string of the molecule is CC(C)CCN(C(C)CC#N)C1CCCC1. The fourth-order valence-electron chi connectivity index (χ4n) is 2.66. The predicted octanol–water partition coefficient (Wildman–Crippen LogP) is 3.58. The molecule has 1 aliphatic rings. The van der Waals surface area contributed by atoms with Crippen LogP contribution in [0, 0.1) is 17.2 Å². The van der Waals surface area contributed by atoms with Gasteiger partial charge in [-0.25, -0.2) is 0 Å². The van der Waals surface area contributed by atoms with Gasteiger partial charge in [-0.1, -0.05) is 26.7 Å². The summed E-state index contributed by atoms with van der Waals surface area (Å²) < 4.78 is 0. The summed E-state index contributed by atoms with van der Waals surface area (Å²) in [5, 5.41) is 8.83. The summed E-state index contributed by atoms with van der Waals surface area (Å²) in [6.07, 6.45) is 7.37. The molecule has 0 bridgehead atoms. The van der Waals surface area contributed by atoms with E-state index in [4.69, 9.17) is 5.26 Å². The third-order valence-electron chi connectivity index (χ3n) is 3.71. The third kappa shape index (κ3) is 4.14. The van der Waals surface area contributed by atoms with Crippen molar-refractivity contribution in [1.29, 1.82) is 5.26 Å². The summed E-state index contributed by atoms with van der Waals surface area (Å²) in [5.41, 5.74) is 0. The van der Waals surface area contributed by atoms with Crippen LogP contribution in [-0.4, -0.2) is 23.5 Å². The molecule has 92 valence electrons. The molecular formula is C14H26N2. The molecule has 1 saturated carbocycles. The summed E-state index contributed by atoms with van der Waals surface area (Å²) in [7, 11) is 0. The highest BCUT2D eigenvalue weighted by molar-refractivity contribution is 4.86. The molecular weight excluding hydrogens is 196 g/mol. The molecule has 0 radical (unpaired) electrons. The lowest BCUT2D eigenvalue weighted by atomic mass is 10.1. The van der Waals surface area contributed by atoms with Crippen LogP contribution >= 0.6 is 0 Å². The molecule has 2 heteroatoms. The zero-order valence-corrected chi connectivity index (χ0v) is 11.1. The monoisotopic (exact) mass is 222 g/mol. The first kappa shape index (κ1) is 13.5. The summed E-state index contributed by atoms with van der Waals surface area (Å²) >= 11 is 0. The van der Waals surface area contributed by atoms with E-state index in [9.17, 15) is 0 Å². The second-order valence-electron chi connectivity index (χ2n) is 5.57. The van der Waals surface area contributed by atoms with Crippen molar-refractivity contribution in [3.05, 3.63) is 0 Å². The third-order valence-corrected chi connectivity index (χ3v) is 3.71. The van der Waals surface area contributed by atoms with Gasteiger partial charge in [0.2, 0.25) is 0 Å². The Morgan fingerprint density at radius 1 is 1.25 bits per heavy atom. The maximum atomic E-state index is 8.83. The second-order valence-corrected chi connectivity index (χ2v) is 5.57. The highest BCUT2D eigenvalue weighted by Gasteiger charge is 2.25. The minimum atomic E-state index is 0.437. The summed E-state index contributed by atoms with van der Waals surface area (Å²) in [5.74, 6) is 0.762. The Morgan fingerprint density at radius 2 is 1.88 bits per heavy atom. The maximum Gasteiger partial charge on any atom is 0.0638 e. The van der Waals surface area contributed by atoms with Gasteiger partial charge in [0, 0.05) is 12.1 Å². The summed E-state index contributed by atoms with van der Waals surface area (Å²) in [6.45, 7) is 7.94. The zero-order valence-electron chi connectivity index (χ0n) is 11.1. The molecule has 0 amide bonds. The molecule has 0 spiro atoms. The first-order chi connectivity index (χ1) is 7.65. The minimum Gasteiger partial charge on any atom is -0.297 e. The van der Waals surface area contributed by atoms with Crippen LogP contribution in [0.3, 0.4) is 0 Å². The molecule has 1 atom stereocenters. The van der Waals surface area contributed by atoms with Crippen LogP contribution in [0.4, 0.5) is 0 Å². The van der Waals surface area contributed by atoms with Gasteiger partial charge in [0.15, 0.2) is 0 Å². The fraction of sp³-hybridized carbons (Fsp3) is 0.929. The first-order valence-corrected chi connectivity index (χ1v) is 6.77. The van der Waals surface area contributed by atoms with Gasteiger partial charge in [-0.15, -0.1) is 0 Å². The standard InChI is InChI=1S/C14H26N2/c1-12(2)9-11-16(13(3)8-10-15)14-6-4-5-7-14/h12-14H,4-9,11H2,1-3H3. The lowest BCUT2D eigenvalue weighted by Gasteiger charge is -2.34. The van der Waals surface area contributed by atoms with Crippen LogP contribution in [0.5, 0.6) is 0 Å². The van der Waals surface area contributed by atoms with E-state index in [1.807, 2.05) is 0 Å². The Hall–Kier alpha value is -0.550. The molecule has 0 aromatic heterocycles. The van der Waals surface area contributed by atoms with Gasteiger partial charge in [-0.05, 0) is 38.6 Å². The highest BCUT2D eigenvalue weighted by atomic mass is 15.2. The molecule has 2 nitrogen and oxygen atoms in total. The predicted molar refractivity (Wildman–Crippen MR) is 68.1 cm³/mol. The highest BCUT2D eigenvalue weighted by Crippen LogP contribution is 2.26. The quantitative estimate of drug-likeness (QED) is 0.687. The van der Waals surface area contributed by atoms with Crippen molar-refractivity contribution in [1.82, 2.24) is 4.90 Å². The van der Waals surface area contributed by atoms with Crippen molar-refractivity contribution in [2.75, 3.05) is 6.54 Å². The van der Waals surface area contributed by atoms with Crippen molar-refractivity contribution in [3.8, 4) is 6.07 Å². The van der Waals surface area contributed by atoms with Gasteiger partial charge in [0.1, 0.15) is 0 Å². The van der Waals surface area contributed by atoms with Crippen LogP contribution < -0.4 is 0 Å². The average Bonchev–Trinajstić information content (AvgIpc) is 2.71. The van der Waals surface area contributed by atoms with Crippen molar-refractivity contribution in [2.24, 2.45) is 5.92 Å². The van der Waals surface area contributed by atoms with Crippen molar-refractivity contribution >= 4 is 0 Å². The van der Waals surface area contributed by atoms with Crippen LogP contribution in [0.25, 0.3) is 0 Å². The summed E-state index contributed by atoms with van der Waals surface area (Å²) in [6, 6.07) is 3.51. The van der Waals surface area contributed by atoms with E-state index in [0.29, 0.717) is 12.5 Å². The van der Waals surface area contributed by atoms with Gasteiger partial charge in [0.05, 0.1) is 12.5 Å². The molecule has 0 heterocycles. The van der Waals surface area contributed by atoms with Crippen LogP contribution in [0.15, 0.2) is 0 Å². The van der Waals surface area contributed by atoms with Gasteiger partial charge in [0.25, 0.3) is 0 Å². The molecule has 0 aliphatic heterocycles. The molecule has 1 unspecified atom stereocenters. The largest absolute Gasteiger partial charge is 0.297 e. The van der Waals surface area contributed by atoms with Gasteiger partial charge >= 0.3 is 0 Å². The Kier molecular flexibility index (Phi) is 5.84. The Morgan fingerprint density at radius 3 is 2.38 bits per heavy atom. The van der Waals surface area contributed by atoms with Gasteiger partial charge in [-0.2, -0.15) is 5.26 Å². The van der Waals surface area contributed by atoms with Crippen molar-refractivity contribution in [2.45, 2.75) is 71.4 Å². The minimum absolute atomic E-state index is 0.437. The number of hydrogen-bond donors (Lipinski definition) is 0. The lowest BCUT2D eigenvalue weighted by Crippen LogP contribution is -2.41. The zero-order chi connectivity index (χ0) is 12.0. The van der Waals surface area contributed by atoms with Gasteiger partial charge < -0.3 is 0 Å². The van der Waals surface area contributed by atoms with Crippen molar-refractivity contribution in [3.63, 3.8) is 0 Å². The molecule has 0 saturated heterocycles. The number of hydrogen-bond acceptors (Lipinski definition) is 2. The van der Waals surface area contributed by atoms with E-state index >= 15 is 0 Å². The molecule has 0 aromatic rings. The average molecular weight is 222 g/mol. The Labute approximate surface area is 101 Å². The first-order valence-electron chi connectivity index (χ1n) is 6.77. The van der Waals surface area contributed by atoms with E-state index in [1.165, 1.54) is 38.6 Å². The molecule has 0 aromatic carbocycles. The Bertz CT molecular complexity index is 223. The normalized spacial score (nSPS) is 19.2. The molecule has 1 rings (SSSR count).